The van der Waals surface area contributed by atoms with Crippen LogP contribution < -0.4 is 14.8 Å². The molecule has 2 aliphatic heterocycles. The van der Waals surface area contributed by atoms with Gasteiger partial charge in [-0.25, -0.2) is 13.8 Å². The number of nitrogens with zero attached hydrogens (tertiary/aromatic N) is 2. The molecule has 0 bridgehead atoms. The van der Waals surface area contributed by atoms with Crippen LogP contribution in [0.25, 0.3) is 5.70 Å². The van der Waals surface area contributed by atoms with Crippen molar-refractivity contribution in [2.75, 3.05) is 32.7 Å². The van der Waals surface area contributed by atoms with Crippen LogP contribution in [0, 0.1) is 18.6 Å². The lowest BCUT2D eigenvalue weighted by Gasteiger charge is -2.35. The number of aryl methyl sites for hydroxylation is 1. The van der Waals surface area contributed by atoms with Gasteiger partial charge in [-0.1, -0.05) is 0 Å². The van der Waals surface area contributed by atoms with Crippen molar-refractivity contribution in [3.05, 3.63) is 58.7 Å². The zero-order valence-corrected chi connectivity index (χ0v) is 16.0. The van der Waals surface area contributed by atoms with E-state index in [2.05, 4.69) is 15.2 Å². The fourth-order valence-electron chi connectivity index (χ4n) is 3.59. The molecule has 1 N–H and O–H groups in total. The van der Waals surface area contributed by atoms with Gasteiger partial charge in [0.1, 0.15) is 29.8 Å². The fraction of sp³-hybridized carbons (Fsp3) is 0.286. The molecule has 0 aromatic heterocycles. The molecule has 28 heavy (non-hydrogen) atoms. The maximum absolute atomic E-state index is 14.2. The maximum atomic E-state index is 14.2. The van der Waals surface area contributed by atoms with E-state index in [1.165, 1.54) is 12.1 Å². The largest absolute Gasteiger partial charge is 0.493 e. The number of nitrogens with one attached hydrogen (secondary N) is 1. The number of hydrogen-bond donors (Lipinski definition) is 1. The molecule has 7 heteroatoms. The molecule has 2 aromatic carbocycles. The van der Waals surface area contributed by atoms with Gasteiger partial charge in [0.05, 0.1) is 14.2 Å². The first-order valence-corrected chi connectivity index (χ1v) is 8.99. The van der Waals surface area contributed by atoms with Crippen molar-refractivity contribution in [3.8, 4) is 11.5 Å². The van der Waals surface area contributed by atoms with Crippen molar-refractivity contribution in [1.29, 1.82) is 0 Å². The second-order valence-corrected chi connectivity index (χ2v) is 6.82. The molecule has 0 atom stereocenters. The van der Waals surface area contributed by atoms with Crippen molar-refractivity contribution in [3.63, 3.8) is 0 Å². The van der Waals surface area contributed by atoms with E-state index >= 15 is 0 Å². The Kier molecular flexibility index (Phi) is 4.66. The van der Waals surface area contributed by atoms with Gasteiger partial charge in [0.15, 0.2) is 11.5 Å². The summed E-state index contributed by atoms with van der Waals surface area (Å²) in [6.07, 6.45) is 2.67. The Morgan fingerprint density at radius 1 is 1.04 bits per heavy atom. The Balaban J connectivity index is 1.71. The van der Waals surface area contributed by atoms with Crippen LogP contribution >= 0.6 is 0 Å². The van der Waals surface area contributed by atoms with Gasteiger partial charge in [-0.3, -0.25) is 0 Å². The summed E-state index contributed by atoms with van der Waals surface area (Å²) < 4.78 is 39.2. The van der Waals surface area contributed by atoms with Crippen molar-refractivity contribution in [2.24, 2.45) is 4.99 Å². The van der Waals surface area contributed by atoms with E-state index in [1.54, 1.807) is 21.1 Å². The van der Waals surface area contributed by atoms with Crippen LogP contribution in [0.5, 0.6) is 11.5 Å². The van der Waals surface area contributed by atoms with Crippen molar-refractivity contribution >= 4 is 17.2 Å². The number of amidine groups is 1. The smallest absolute Gasteiger partial charge is 0.161 e. The molecule has 4 rings (SSSR count). The molecule has 146 valence electrons. The van der Waals surface area contributed by atoms with E-state index in [9.17, 15) is 8.78 Å². The number of benzene rings is 2. The van der Waals surface area contributed by atoms with Gasteiger partial charge in [-0.15, -0.1) is 0 Å². The van der Waals surface area contributed by atoms with Gasteiger partial charge >= 0.3 is 0 Å². The van der Waals surface area contributed by atoms with E-state index < -0.39 is 11.6 Å². The zero-order valence-electron chi connectivity index (χ0n) is 16.0. The lowest BCUT2D eigenvalue weighted by atomic mass is 9.95. The third-order valence-corrected chi connectivity index (χ3v) is 5.00. The quantitative estimate of drug-likeness (QED) is 0.869. The number of ether oxygens (including phenoxy) is 2. The number of aliphatic imine (C=N–C) groups is 1. The first-order valence-electron chi connectivity index (χ1n) is 8.99. The van der Waals surface area contributed by atoms with Crippen LogP contribution in [0.15, 0.2) is 35.3 Å². The summed E-state index contributed by atoms with van der Waals surface area (Å²) in [4.78, 5) is 6.56. The van der Waals surface area contributed by atoms with Gasteiger partial charge in [0.2, 0.25) is 0 Å². The van der Waals surface area contributed by atoms with E-state index in [1.807, 2.05) is 18.2 Å². The van der Waals surface area contributed by atoms with E-state index in [0.29, 0.717) is 29.6 Å². The molecule has 5 nitrogen and oxygen atoms in total. The Labute approximate surface area is 162 Å². The van der Waals surface area contributed by atoms with Crippen LogP contribution in [0.4, 0.5) is 14.5 Å². The molecule has 0 saturated carbocycles. The highest BCUT2D eigenvalue weighted by Crippen LogP contribution is 2.38. The fourth-order valence-corrected chi connectivity index (χ4v) is 3.59. The minimum atomic E-state index is -0.642. The molecule has 0 saturated heterocycles. The van der Waals surface area contributed by atoms with Crippen LogP contribution in [0.1, 0.15) is 16.7 Å². The van der Waals surface area contributed by atoms with E-state index in [4.69, 9.17) is 9.47 Å². The highest BCUT2D eigenvalue weighted by Gasteiger charge is 2.26. The summed E-state index contributed by atoms with van der Waals surface area (Å²) in [5.74, 6) is 0.446. The Hall–Kier alpha value is -3.09. The first-order chi connectivity index (χ1) is 13.5. The summed E-state index contributed by atoms with van der Waals surface area (Å²) in [6.45, 7) is 2.87. The molecule has 0 radical (unpaired) electrons. The molecule has 0 fully saturated rings. The average molecular weight is 385 g/mol. The number of rotatable bonds is 3. The van der Waals surface area contributed by atoms with Crippen molar-refractivity contribution < 1.29 is 18.3 Å². The predicted molar refractivity (Wildman–Crippen MR) is 105 cm³/mol. The van der Waals surface area contributed by atoms with Crippen LogP contribution in [0.2, 0.25) is 0 Å². The third-order valence-electron chi connectivity index (χ3n) is 5.00. The van der Waals surface area contributed by atoms with Gasteiger partial charge in [0, 0.05) is 23.9 Å². The Morgan fingerprint density at radius 3 is 2.39 bits per heavy atom. The van der Waals surface area contributed by atoms with Crippen LogP contribution in [-0.2, 0) is 6.42 Å². The molecule has 0 aliphatic carbocycles. The molecule has 2 aliphatic rings. The average Bonchev–Trinajstić information content (AvgIpc) is 2.69. The first kappa shape index (κ1) is 18.3. The topological polar surface area (TPSA) is 46.1 Å². The zero-order chi connectivity index (χ0) is 19.8. The van der Waals surface area contributed by atoms with Gasteiger partial charge in [-0.2, -0.15) is 0 Å². The summed E-state index contributed by atoms with van der Waals surface area (Å²) in [5, 5.41) is 2.80. The minimum Gasteiger partial charge on any atom is -0.493 e. The number of hydrogen-bond acceptors (Lipinski definition) is 5. The predicted octanol–water partition coefficient (Wildman–Crippen LogP) is 3.97. The summed E-state index contributed by atoms with van der Waals surface area (Å²) in [7, 11) is 3.20. The van der Waals surface area contributed by atoms with Crippen LogP contribution in [0.3, 0.4) is 0 Å². The highest BCUT2D eigenvalue weighted by molar-refractivity contribution is 6.08. The Morgan fingerprint density at radius 2 is 1.71 bits per heavy atom. The molecule has 0 spiro atoms. The number of fused-ring (bicyclic) bond motifs is 3. The third kappa shape index (κ3) is 3.17. The second-order valence-electron chi connectivity index (χ2n) is 6.82. The lowest BCUT2D eigenvalue weighted by Crippen LogP contribution is -2.34. The SMILES string of the molecule is COc1cc2c(cc1OC)C1=CC(Nc3c(F)cc(C)cc3F)=NCN1CC2. The standard InChI is InChI=1S/C21H21F2N3O2/c1-12-6-15(22)21(16(23)7-12)25-20-10-17-14-9-19(28-3)18(27-2)8-13(14)4-5-26(17)11-24-20/h6-10H,4-5,11H2,1-3H3,(H,24,25). The van der Waals surface area contributed by atoms with Gasteiger partial charge in [-0.05, 0) is 48.7 Å². The molecule has 2 heterocycles. The van der Waals surface area contributed by atoms with Crippen LogP contribution in [-0.4, -0.2) is 38.2 Å². The second kappa shape index (κ2) is 7.14. The van der Waals surface area contributed by atoms with Crippen molar-refractivity contribution in [2.45, 2.75) is 13.3 Å². The lowest BCUT2D eigenvalue weighted by molar-refractivity contribution is 0.351. The summed E-state index contributed by atoms with van der Waals surface area (Å²) >= 11 is 0. The molecular formula is C21H21F2N3O2. The van der Waals surface area contributed by atoms with E-state index in [0.717, 1.165) is 29.8 Å². The number of methoxy groups -OCH3 is 2. The molecule has 2 aromatic rings. The van der Waals surface area contributed by atoms with Gasteiger partial charge < -0.3 is 19.7 Å². The molecular weight excluding hydrogens is 364 g/mol. The monoisotopic (exact) mass is 385 g/mol. The van der Waals surface area contributed by atoms with Gasteiger partial charge in [0.25, 0.3) is 0 Å². The van der Waals surface area contributed by atoms with Crippen molar-refractivity contribution in [1.82, 2.24) is 4.90 Å². The normalized spacial score (nSPS) is 15.2. The maximum Gasteiger partial charge on any atom is 0.161 e. The van der Waals surface area contributed by atoms with E-state index in [-0.39, 0.29) is 5.69 Å². The number of halogens is 2. The Bertz CT molecular complexity index is 978. The minimum absolute atomic E-state index is 0.196. The molecule has 0 amide bonds. The summed E-state index contributed by atoms with van der Waals surface area (Å²) in [5.41, 5.74) is 3.40. The number of anilines is 1. The molecule has 0 unspecified atom stereocenters. The summed E-state index contributed by atoms with van der Waals surface area (Å²) in [6, 6.07) is 6.50. The highest BCUT2D eigenvalue weighted by atomic mass is 19.1.